The number of urea groups is 1. The summed E-state index contributed by atoms with van der Waals surface area (Å²) in [7, 11) is -3.95. The number of benzene rings is 1. The Hall–Kier alpha value is -2.76. The Morgan fingerprint density at radius 1 is 0.974 bits per heavy atom. The van der Waals surface area contributed by atoms with Gasteiger partial charge in [0.2, 0.25) is 0 Å². The summed E-state index contributed by atoms with van der Waals surface area (Å²) in [5, 5.41) is 7.02. The number of fused-ring (bicyclic) bond motifs is 1. The summed E-state index contributed by atoms with van der Waals surface area (Å²) in [5.74, 6) is 0.368. The lowest BCUT2D eigenvalue weighted by Crippen LogP contribution is -2.62. The highest BCUT2D eigenvalue weighted by Crippen LogP contribution is 2.55. The Balaban J connectivity index is 1.09. The second kappa shape index (κ2) is 9.77. The van der Waals surface area contributed by atoms with Crippen molar-refractivity contribution >= 4 is 39.3 Å². The minimum absolute atomic E-state index is 0.0237. The maximum atomic E-state index is 13.4. The smallest absolute Gasteiger partial charge is 0.325 e. The first-order valence-corrected chi connectivity index (χ1v) is 15.4. The maximum Gasteiger partial charge on any atom is 0.325 e. The zero-order valence-corrected chi connectivity index (χ0v) is 22.6. The molecule has 4 saturated carbocycles. The molecule has 1 atom stereocenters. The van der Waals surface area contributed by atoms with E-state index in [1.54, 1.807) is 11.4 Å². The van der Waals surface area contributed by atoms with Gasteiger partial charge in [-0.1, -0.05) is 30.3 Å². The van der Waals surface area contributed by atoms with E-state index in [2.05, 4.69) is 10.6 Å². The zero-order chi connectivity index (χ0) is 26.5. The number of nitrogens with one attached hydrogen (secondary N) is 2. The van der Waals surface area contributed by atoms with Gasteiger partial charge >= 0.3 is 12.0 Å². The number of rotatable bonds is 6. The Kier molecular flexibility index (Phi) is 6.56. The van der Waals surface area contributed by atoms with Crippen LogP contribution in [-0.2, 0) is 37.3 Å². The number of thiophene rings is 1. The van der Waals surface area contributed by atoms with Gasteiger partial charge in [0.15, 0.2) is 6.61 Å². The van der Waals surface area contributed by atoms with Crippen LogP contribution in [0.15, 0.2) is 46.0 Å². The zero-order valence-electron chi connectivity index (χ0n) is 20.9. The number of imide groups is 1. The van der Waals surface area contributed by atoms with Crippen molar-refractivity contribution in [1.29, 1.82) is 0 Å². The fourth-order valence-electron chi connectivity index (χ4n) is 7.41. The first kappa shape index (κ1) is 25.5. The van der Waals surface area contributed by atoms with Gasteiger partial charge in [0.1, 0.15) is 10.3 Å². The molecule has 202 valence electrons. The van der Waals surface area contributed by atoms with Crippen LogP contribution in [0.5, 0.6) is 0 Å². The molecule has 0 radical (unpaired) electrons. The molecule has 5 aliphatic rings. The van der Waals surface area contributed by atoms with Gasteiger partial charge in [-0.3, -0.25) is 14.9 Å². The first-order chi connectivity index (χ1) is 18.2. The Labute approximate surface area is 226 Å². The number of amides is 3. The Bertz CT molecular complexity index is 1320. The van der Waals surface area contributed by atoms with E-state index < -0.39 is 40.6 Å². The normalized spacial score (nSPS) is 29.9. The second-order valence-corrected chi connectivity index (χ2v) is 14.3. The molecule has 7 rings (SSSR count). The van der Waals surface area contributed by atoms with Crippen LogP contribution in [0.3, 0.4) is 0 Å². The van der Waals surface area contributed by atoms with E-state index in [9.17, 15) is 22.8 Å². The van der Waals surface area contributed by atoms with Crippen molar-refractivity contribution < 1.29 is 27.5 Å². The number of sulfonamides is 1. The maximum absolute atomic E-state index is 13.4. The molecular weight excluding hydrogens is 526 g/mol. The molecule has 0 saturated heterocycles. The first-order valence-electron chi connectivity index (χ1n) is 13.1. The van der Waals surface area contributed by atoms with Crippen molar-refractivity contribution in [3.8, 4) is 0 Å². The molecule has 4 aliphatic carbocycles. The van der Waals surface area contributed by atoms with E-state index >= 15 is 0 Å². The molecule has 0 spiro atoms. The summed E-state index contributed by atoms with van der Waals surface area (Å²) in [4.78, 5) is 38.3. The van der Waals surface area contributed by atoms with E-state index in [4.69, 9.17) is 4.74 Å². The van der Waals surface area contributed by atoms with Crippen LogP contribution in [0.4, 0.5) is 4.79 Å². The molecule has 11 heteroatoms. The predicted octanol–water partition coefficient (Wildman–Crippen LogP) is 3.20. The van der Waals surface area contributed by atoms with Gasteiger partial charge in [0, 0.05) is 18.5 Å². The summed E-state index contributed by atoms with van der Waals surface area (Å²) in [6.07, 6.45) is 6.70. The third kappa shape index (κ3) is 4.87. The van der Waals surface area contributed by atoms with Crippen molar-refractivity contribution in [2.45, 2.75) is 67.3 Å². The standard InChI is InChI=1S/C27H31N3O6S2/c31-23(28-26(33)29-27-12-17-8-18(13-27)10-19(9-17)14-27)16-36-25(32)22-11-20-4-1-2-5-21(20)15-30(22)38(34,35)24-6-3-7-37-24/h1-7,17-19,22H,8-16H2,(H2,28,29,31,33). The predicted molar refractivity (Wildman–Crippen MR) is 140 cm³/mol. The lowest BCUT2D eigenvalue weighted by Gasteiger charge is -2.56. The number of carbonyl (C=O) groups is 3. The number of nitrogens with zero attached hydrogens (tertiary/aromatic N) is 1. The molecule has 3 amide bonds. The Morgan fingerprint density at radius 2 is 1.63 bits per heavy atom. The van der Waals surface area contributed by atoms with Crippen molar-refractivity contribution in [2.24, 2.45) is 17.8 Å². The SMILES string of the molecule is O=C(COC(=O)C1Cc2ccccc2CN1S(=O)(=O)c1cccs1)NC(=O)NC12CC3CC(CC(C3)C1)C2. The molecule has 1 aromatic carbocycles. The fraction of sp³-hybridized carbons (Fsp3) is 0.519. The highest BCUT2D eigenvalue weighted by atomic mass is 32.2. The lowest BCUT2D eigenvalue weighted by atomic mass is 9.53. The molecule has 1 unspecified atom stereocenters. The number of carbonyl (C=O) groups excluding carboxylic acids is 3. The number of hydrogen-bond acceptors (Lipinski definition) is 7. The van der Waals surface area contributed by atoms with Crippen LogP contribution in [0.1, 0.15) is 49.7 Å². The molecule has 1 aliphatic heterocycles. The largest absolute Gasteiger partial charge is 0.454 e. The molecule has 38 heavy (non-hydrogen) atoms. The van der Waals surface area contributed by atoms with Crippen LogP contribution in [0, 0.1) is 17.8 Å². The van der Waals surface area contributed by atoms with Gasteiger partial charge < -0.3 is 10.1 Å². The van der Waals surface area contributed by atoms with Crippen molar-refractivity contribution in [3.63, 3.8) is 0 Å². The molecule has 4 fully saturated rings. The third-order valence-corrected chi connectivity index (χ3v) is 11.8. The Morgan fingerprint density at radius 3 is 2.26 bits per heavy atom. The third-order valence-electron chi connectivity index (χ3n) is 8.55. The summed E-state index contributed by atoms with van der Waals surface area (Å²) < 4.78 is 33.2. The van der Waals surface area contributed by atoms with Gasteiger partial charge in [-0.2, -0.15) is 4.31 Å². The molecule has 4 bridgehead atoms. The average molecular weight is 558 g/mol. The fourth-order valence-corrected chi connectivity index (χ4v) is 10.1. The summed E-state index contributed by atoms with van der Waals surface area (Å²) in [6, 6.07) is 8.80. The highest BCUT2D eigenvalue weighted by Gasteiger charge is 2.51. The minimum atomic E-state index is -3.95. The lowest BCUT2D eigenvalue weighted by molar-refractivity contribution is -0.152. The second-order valence-electron chi connectivity index (χ2n) is 11.3. The van der Waals surface area contributed by atoms with E-state index in [-0.39, 0.29) is 22.7 Å². The number of hydrogen-bond donors (Lipinski definition) is 2. The van der Waals surface area contributed by atoms with Gasteiger partial charge in [-0.15, -0.1) is 11.3 Å². The molecule has 1 aromatic heterocycles. The van der Waals surface area contributed by atoms with Gasteiger partial charge in [0.05, 0.1) is 0 Å². The molecule has 2 aromatic rings. The van der Waals surface area contributed by atoms with E-state index in [1.165, 1.54) is 25.3 Å². The van der Waals surface area contributed by atoms with Crippen molar-refractivity contribution in [2.75, 3.05) is 6.61 Å². The van der Waals surface area contributed by atoms with Crippen LogP contribution in [0.25, 0.3) is 0 Å². The summed E-state index contributed by atoms with van der Waals surface area (Å²) in [6.45, 7) is -0.645. The van der Waals surface area contributed by atoms with E-state index in [0.29, 0.717) is 17.8 Å². The highest BCUT2D eigenvalue weighted by molar-refractivity contribution is 7.91. The number of esters is 1. The van der Waals surface area contributed by atoms with Gasteiger partial charge in [-0.25, -0.2) is 13.2 Å². The molecular formula is C27H31N3O6S2. The van der Waals surface area contributed by atoms with Crippen LogP contribution >= 0.6 is 11.3 Å². The molecule has 2 N–H and O–H groups in total. The van der Waals surface area contributed by atoms with Crippen LogP contribution in [-0.4, -0.2) is 48.8 Å². The molecule has 9 nitrogen and oxygen atoms in total. The van der Waals surface area contributed by atoms with Gasteiger partial charge in [0.25, 0.3) is 15.9 Å². The number of ether oxygens (including phenoxy) is 1. The average Bonchev–Trinajstić information content (AvgIpc) is 3.41. The van der Waals surface area contributed by atoms with Crippen molar-refractivity contribution in [3.05, 3.63) is 52.9 Å². The summed E-state index contributed by atoms with van der Waals surface area (Å²) in [5.41, 5.74) is 1.42. The van der Waals surface area contributed by atoms with E-state index in [1.807, 2.05) is 24.3 Å². The van der Waals surface area contributed by atoms with Crippen LogP contribution in [0.2, 0.25) is 0 Å². The van der Waals surface area contributed by atoms with Gasteiger partial charge in [-0.05, 0) is 78.9 Å². The molecule has 2 heterocycles. The monoisotopic (exact) mass is 557 g/mol. The van der Waals surface area contributed by atoms with Crippen LogP contribution < -0.4 is 10.6 Å². The minimum Gasteiger partial charge on any atom is -0.454 e. The quantitative estimate of drug-likeness (QED) is 0.526. The summed E-state index contributed by atoms with van der Waals surface area (Å²) >= 11 is 1.08. The van der Waals surface area contributed by atoms with E-state index in [0.717, 1.165) is 46.0 Å². The topological polar surface area (TPSA) is 122 Å². The van der Waals surface area contributed by atoms with Crippen molar-refractivity contribution in [1.82, 2.24) is 14.9 Å².